The van der Waals surface area contributed by atoms with Crippen molar-refractivity contribution in [3.8, 4) is 0 Å². The fraction of sp³-hybridized carbons (Fsp3) is 0.467. The van der Waals surface area contributed by atoms with Crippen LogP contribution in [0.2, 0.25) is 0 Å². The maximum absolute atomic E-state index is 12.5. The molecule has 0 amide bonds. The number of rotatable bonds is 5. The van der Waals surface area contributed by atoms with Crippen LogP contribution in [0.4, 0.5) is 0 Å². The van der Waals surface area contributed by atoms with Crippen molar-refractivity contribution < 1.29 is 8.42 Å². The van der Waals surface area contributed by atoms with Crippen molar-refractivity contribution in [3.63, 3.8) is 0 Å². The molecule has 120 valence electrons. The first-order valence-electron chi connectivity index (χ1n) is 7.17. The van der Waals surface area contributed by atoms with E-state index in [1.165, 1.54) is 0 Å². The van der Waals surface area contributed by atoms with Gasteiger partial charge in [0.1, 0.15) is 0 Å². The van der Waals surface area contributed by atoms with E-state index < -0.39 is 25.8 Å². The van der Waals surface area contributed by atoms with E-state index in [0.717, 1.165) is 10.8 Å². The average molecular weight is 324 g/mol. The van der Waals surface area contributed by atoms with E-state index in [2.05, 4.69) is 4.98 Å². The highest BCUT2D eigenvalue weighted by Gasteiger charge is 2.38. The number of nitrogens with zero attached hydrogens (tertiary/aromatic N) is 1. The van der Waals surface area contributed by atoms with Crippen molar-refractivity contribution in [1.29, 1.82) is 0 Å². The molecule has 1 aromatic heterocycles. The summed E-state index contributed by atoms with van der Waals surface area (Å²) in [6.45, 7) is 3.37. The number of para-hydroxylation sites is 1. The van der Waals surface area contributed by atoms with Crippen molar-refractivity contribution in [1.82, 2.24) is 9.55 Å². The molecule has 0 bridgehead atoms. The zero-order valence-corrected chi connectivity index (χ0v) is 13.7. The van der Waals surface area contributed by atoms with Gasteiger partial charge in [-0.1, -0.05) is 26.0 Å². The third-order valence-electron chi connectivity index (χ3n) is 4.41. The molecule has 7 heteroatoms. The van der Waals surface area contributed by atoms with E-state index in [1.54, 1.807) is 38.1 Å². The molecule has 22 heavy (non-hydrogen) atoms. The van der Waals surface area contributed by atoms with Gasteiger partial charge < -0.3 is 4.98 Å². The lowest BCUT2D eigenvalue weighted by Gasteiger charge is -2.29. The van der Waals surface area contributed by atoms with Crippen molar-refractivity contribution in [2.45, 2.75) is 38.0 Å². The van der Waals surface area contributed by atoms with E-state index in [1.807, 2.05) is 0 Å². The maximum Gasteiger partial charge on any atom is 0.328 e. The smallest absolute Gasteiger partial charge is 0.307 e. The first kappa shape index (κ1) is 16.5. The van der Waals surface area contributed by atoms with E-state index >= 15 is 0 Å². The van der Waals surface area contributed by atoms with E-state index in [-0.39, 0.29) is 6.54 Å². The minimum atomic E-state index is -3.42. The number of aromatic nitrogens is 2. The molecule has 0 radical (unpaired) electrons. The maximum atomic E-state index is 12.5. The summed E-state index contributed by atoms with van der Waals surface area (Å²) >= 11 is 0. The summed E-state index contributed by atoms with van der Waals surface area (Å²) in [6.07, 6.45) is 1.82. The second-order valence-corrected chi connectivity index (χ2v) is 7.94. The molecule has 0 aliphatic heterocycles. The van der Waals surface area contributed by atoms with Crippen LogP contribution in [0.15, 0.2) is 33.9 Å². The van der Waals surface area contributed by atoms with Gasteiger partial charge in [0.15, 0.2) is 9.84 Å². The number of hydrogen-bond acceptors (Lipinski definition) is 4. The SMILES string of the molecule is CCC(CC)(Cn1c(=O)[nH]c2ccccc2c1=O)S(C)(=O)=O. The van der Waals surface area contributed by atoms with Gasteiger partial charge in [0, 0.05) is 6.26 Å². The fourth-order valence-electron chi connectivity index (χ4n) is 2.75. The average Bonchev–Trinajstić information content (AvgIpc) is 2.46. The lowest BCUT2D eigenvalue weighted by atomic mass is 10.0. The number of sulfone groups is 1. The quantitative estimate of drug-likeness (QED) is 0.897. The Kier molecular flexibility index (Phi) is 4.28. The molecular weight excluding hydrogens is 304 g/mol. The fourth-order valence-corrected chi connectivity index (χ4v) is 4.16. The molecule has 0 saturated heterocycles. The molecule has 0 aliphatic carbocycles. The lowest BCUT2D eigenvalue weighted by Crippen LogP contribution is -2.48. The second kappa shape index (κ2) is 5.72. The summed E-state index contributed by atoms with van der Waals surface area (Å²) in [5, 5.41) is 0.372. The molecule has 0 atom stereocenters. The molecule has 1 aromatic carbocycles. The molecule has 0 fully saturated rings. The molecular formula is C15H20N2O4S. The monoisotopic (exact) mass is 324 g/mol. The summed E-state index contributed by atoms with van der Waals surface area (Å²) < 4.78 is 24.2. The Hall–Kier alpha value is -1.89. The third-order valence-corrected chi connectivity index (χ3v) is 6.69. The summed E-state index contributed by atoms with van der Waals surface area (Å²) in [5.41, 5.74) is -0.598. The van der Waals surface area contributed by atoms with Crippen LogP contribution in [0.1, 0.15) is 26.7 Å². The largest absolute Gasteiger partial charge is 0.328 e. The number of hydrogen-bond donors (Lipinski definition) is 1. The Morgan fingerprint density at radius 2 is 1.73 bits per heavy atom. The van der Waals surface area contributed by atoms with Gasteiger partial charge in [-0.15, -0.1) is 0 Å². The molecule has 0 spiro atoms. The number of aromatic amines is 1. The minimum Gasteiger partial charge on any atom is -0.307 e. The molecule has 0 unspecified atom stereocenters. The van der Waals surface area contributed by atoms with Gasteiger partial charge in [0.25, 0.3) is 5.56 Å². The topological polar surface area (TPSA) is 89.0 Å². The normalized spacial score (nSPS) is 12.7. The second-order valence-electron chi connectivity index (χ2n) is 5.53. The third kappa shape index (κ3) is 2.61. The molecule has 0 saturated carbocycles. The van der Waals surface area contributed by atoms with Crippen LogP contribution in [-0.4, -0.2) is 29.0 Å². The van der Waals surface area contributed by atoms with Crippen LogP contribution < -0.4 is 11.2 Å². The predicted octanol–water partition coefficient (Wildman–Crippen LogP) is 1.29. The summed E-state index contributed by atoms with van der Waals surface area (Å²) in [6, 6.07) is 6.69. The summed E-state index contributed by atoms with van der Waals surface area (Å²) in [4.78, 5) is 27.4. The Bertz CT molecular complexity index is 905. The van der Waals surface area contributed by atoms with Gasteiger partial charge in [0.05, 0.1) is 22.2 Å². The van der Waals surface area contributed by atoms with Gasteiger partial charge in [0.2, 0.25) is 0 Å². The highest BCUT2D eigenvalue weighted by molar-refractivity contribution is 7.92. The number of H-pyrrole nitrogens is 1. The molecule has 6 nitrogen and oxygen atoms in total. The van der Waals surface area contributed by atoms with Crippen LogP contribution in [0.5, 0.6) is 0 Å². The van der Waals surface area contributed by atoms with Crippen LogP contribution in [0, 0.1) is 0 Å². The van der Waals surface area contributed by atoms with E-state index in [0.29, 0.717) is 23.7 Å². The van der Waals surface area contributed by atoms with Crippen molar-refractivity contribution in [2.24, 2.45) is 0 Å². The highest BCUT2D eigenvalue weighted by Crippen LogP contribution is 2.26. The Labute approximate surface area is 128 Å². The molecule has 1 N–H and O–H groups in total. The molecule has 2 aromatic rings. The molecule has 2 rings (SSSR count). The van der Waals surface area contributed by atoms with Gasteiger partial charge >= 0.3 is 5.69 Å². The van der Waals surface area contributed by atoms with Crippen LogP contribution in [-0.2, 0) is 16.4 Å². The standard InChI is InChI=1S/C15H20N2O4S/c1-4-15(5-2,22(3,20)21)10-17-13(18)11-8-6-7-9-12(11)16-14(17)19/h6-9H,4-5,10H2,1-3H3,(H,16,19). The van der Waals surface area contributed by atoms with Crippen molar-refractivity contribution in [2.75, 3.05) is 6.26 Å². The van der Waals surface area contributed by atoms with Crippen LogP contribution >= 0.6 is 0 Å². The molecule has 0 aliphatic rings. The zero-order chi connectivity index (χ0) is 16.5. The van der Waals surface area contributed by atoms with Gasteiger partial charge in [-0.3, -0.25) is 9.36 Å². The van der Waals surface area contributed by atoms with Crippen LogP contribution in [0.25, 0.3) is 10.9 Å². The predicted molar refractivity (Wildman–Crippen MR) is 87.0 cm³/mol. The van der Waals surface area contributed by atoms with Crippen molar-refractivity contribution in [3.05, 3.63) is 45.1 Å². The number of fused-ring (bicyclic) bond motifs is 1. The zero-order valence-electron chi connectivity index (χ0n) is 12.9. The number of nitrogens with one attached hydrogen (secondary N) is 1. The van der Waals surface area contributed by atoms with Crippen LogP contribution in [0.3, 0.4) is 0 Å². The van der Waals surface area contributed by atoms with E-state index in [9.17, 15) is 18.0 Å². The minimum absolute atomic E-state index is 0.141. The van der Waals surface area contributed by atoms with Gasteiger partial charge in [-0.2, -0.15) is 0 Å². The lowest BCUT2D eigenvalue weighted by molar-refractivity contribution is 0.414. The van der Waals surface area contributed by atoms with Crippen molar-refractivity contribution >= 4 is 20.7 Å². The summed E-state index contributed by atoms with van der Waals surface area (Å²) in [5.74, 6) is 0. The summed E-state index contributed by atoms with van der Waals surface area (Å²) in [7, 11) is -3.42. The molecule has 1 heterocycles. The first-order valence-corrected chi connectivity index (χ1v) is 9.06. The van der Waals surface area contributed by atoms with Gasteiger partial charge in [-0.25, -0.2) is 13.2 Å². The van der Waals surface area contributed by atoms with E-state index in [4.69, 9.17) is 0 Å². The Morgan fingerprint density at radius 1 is 1.14 bits per heavy atom. The first-order chi connectivity index (χ1) is 10.3. The van der Waals surface area contributed by atoms with Gasteiger partial charge in [-0.05, 0) is 25.0 Å². The Morgan fingerprint density at radius 3 is 2.27 bits per heavy atom. The highest BCUT2D eigenvalue weighted by atomic mass is 32.2. The Balaban J connectivity index is 2.71. The number of benzene rings is 1.